The van der Waals surface area contributed by atoms with Gasteiger partial charge in [0.25, 0.3) is 0 Å². The van der Waals surface area contributed by atoms with Crippen molar-refractivity contribution in [2.75, 3.05) is 6.54 Å². The summed E-state index contributed by atoms with van der Waals surface area (Å²) in [5.74, 6) is 1.46. The molecule has 0 aliphatic rings. The minimum Gasteiger partial charge on any atom is -0.313 e. The summed E-state index contributed by atoms with van der Waals surface area (Å²) in [7, 11) is 1.94. The van der Waals surface area contributed by atoms with E-state index >= 15 is 0 Å². The van der Waals surface area contributed by atoms with Gasteiger partial charge >= 0.3 is 0 Å². The molecule has 0 aliphatic heterocycles. The van der Waals surface area contributed by atoms with E-state index in [1.54, 1.807) is 6.33 Å². The maximum absolute atomic E-state index is 4.33. The van der Waals surface area contributed by atoms with Gasteiger partial charge in [-0.25, -0.2) is 4.98 Å². The summed E-state index contributed by atoms with van der Waals surface area (Å²) in [4.78, 5) is 4.33. The van der Waals surface area contributed by atoms with Gasteiger partial charge in [0.2, 0.25) is 0 Å². The van der Waals surface area contributed by atoms with E-state index in [-0.39, 0.29) is 0 Å². The first kappa shape index (κ1) is 13.7. The van der Waals surface area contributed by atoms with Crippen LogP contribution in [0.3, 0.4) is 0 Å². The van der Waals surface area contributed by atoms with Crippen LogP contribution in [-0.4, -0.2) is 27.4 Å². The van der Waals surface area contributed by atoms with Crippen LogP contribution < -0.4 is 5.32 Å². The Balaban J connectivity index is 2.13. The third-order valence-corrected chi connectivity index (χ3v) is 3.60. The standard InChI is InChI=1S/C15H22N4/c1-4-16-14(10-15-17-11-18-19(15)3)12(2)13-8-6-5-7-9-13/h5-9,11-12,14,16H,4,10H2,1-3H3. The number of aryl methyl sites for hydroxylation is 1. The van der Waals surface area contributed by atoms with Gasteiger partial charge in [0, 0.05) is 19.5 Å². The average molecular weight is 258 g/mol. The second kappa shape index (κ2) is 6.48. The molecule has 4 heteroatoms. The molecular weight excluding hydrogens is 236 g/mol. The highest BCUT2D eigenvalue weighted by Crippen LogP contribution is 2.21. The third kappa shape index (κ3) is 3.41. The molecule has 4 nitrogen and oxygen atoms in total. The van der Waals surface area contributed by atoms with Crippen LogP contribution in [-0.2, 0) is 13.5 Å². The molecule has 0 bridgehead atoms. The number of benzene rings is 1. The van der Waals surface area contributed by atoms with Gasteiger partial charge < -0.3 is 5.32 Å². The van der Waals surface area contributed by atoms with Crippen LogP contribution >= 0.6 is 0 Å². The number of rotatable bonds is 6. The Kier molecular flexibility index (Phi) is 4.68. The van der Waals surface area contributed by atoms with Crippen LogP contribution in [0.1, 0.15) is 31.2 Å². The highest BCUT2D eigenvalue weighted by Gasteiger charge is 2.20. The Labute approximate surface area is 114 Å². The van der Waals surface area contributed by atoms with E-state index < -0.39 is 0 Å². The van der Waals surface area contributed by atoms with E-state index in [1.165, 1.54) is 5.56 Å². The van der Waals surface area contributed by atoms with E-state index in [4.69, 9.17) is 0 Å². The fourth-order valence-corrected chi connectivity index (χ4v) is 2.38. The van der Waals surface area contributed by atoms with Crippen LogP contribution in [0.5, 0.6) is 0 Å². The van der Waals surface area contributed by atoms with Crippen molar-refractivity contribution in [3.05, 3.63) is 48.0 Å². The largest absolute Gasteiger partial charge is 0.313 e. The van der Waals surface area contributed by atoms with Crippen molar-refractivity contribution < 1.29 is 0 Å². The molecule has 0 fully saturated rings. The average Bonchev–Trinajstić information content (AvgIpc) is 2.84. The molecule has 2 aromatic rings. The highest BCUT2D eigenvalue weighted by molar-refractivity contribution is 5.21. The van der Waals surface area contributed by atoms with Gasteiger partial charge in [-0.2, -0.15) is 5.10 Å². The second-order valence-electron chi connectivity index (χ2n) is 4.87. The minimum atomic E-state index is 0.371. The number of nitrogens with one attached hydrogen (secondary N) is 1. The lowest BCUT2D eigenvalue weighted by molar-refractivity contribution is 0.443. The number of nitrogens with zero attached hydrogens (tertiary/aromatic N) is 3. The van der Waals surface area contributed by atoms with Gasteiger partial charge in [-0.1, -0.05) is 44.2 Å². The van der Waals surface area contributed by atoms with Crippen LogP contribution in [0.15, 0.2) is 36.7 Å². The van der Waals surface area contributed by atoms with Crippen molar-refractivity contribution in [2.24, 2.45) is 7.05 Å². The van der Waals surface area contributed by atoms with Gasteiger partial charge in [-0.15, -0.1) is 0 Å². The number of likely N-dealkylation sites (N-methyl/N-ethyl adjacent to an activating group) is 1. The first-order valence-corrected chi connectivity index (χ1v) is 6.83. The quantitative estimate of drug-likeness (QED) is 0.863. The molecule has 0 amide bonds. The van der Waals surface area contributed by atoms with Crippen LogP contribution in [0.4, 0.5) is 0 Å². The smallest absolute Gasteiger partial charge is 0.138 e. The van der Waals surface area contributed by atoms with Crippen molar-refractivity contribution in [3.8, 4) is 0 Å². The van der Waals surface area contributed by atoms with Crippen molar-refractivity contribution in [1.82, 2.24) is 20.1 Å². The lowest BCUT2D eigenvalue weighted by Crippen LogP contribution is -2.36. The molecule has 102 valence electrons. The summed E-state index contributed by atoms with van der Waals surface area (Å²) < 4.78 is 1.85. The van der Waals surface area contributed by atoms with E-state index in [9.17, 15) is 0 Å². The van der Waals surface area contributed by atoms with E-state index in [1.807, 2.05) is 11.7 Å². The Bertz CT molecular complexity index is 492. The zero-order valence-corrected chi connectivity index (χ0v) is 11.9. The Morgan fingerprint density at radius 2 is 2.00 bits per heavy atom. The molecular formula is C15H22N4. The van der Waals surface area contributed by atoms with Gasteiger partial charge in [0.1, 0.15) is 12.2 Å². The van der Waals surface area contributed by atoms with E-state index in [2.05, 4.69) is 59.6 Å². The summed E-state index contributed by atoms with van der Waals surface area (Å²) >= 11 is 0. The summed E-state index contributed by atoms with van der Waals surface area (Å²) in [6.07, 6.45) is 2.51. The van der Waals surface area contributed by atoms with Crippen LogP contribution in [0, 0.1) is 0 Å². The maximum Gasteiger partial charge on any atom is 0.138 e. The molecule has 0 saturated carbocycles. The van der Waals surface area contributed by atoms with Crippen LogP contribution in [0.25, 0.3) is 0 Å². The molecule has 1 N–H and O–H groups in total. The van der Waals surface area contributed by atoms with Gasteiger partial charge in [-0.05, 0) is 18.0 Å². The molecule has 0 radical (unpaired) electrons. The molecule has 0 aliphatic carbocycles. The first-order chi connectivity index (χ1) is 9.22. The monoisotopic (exact) mass is 258 g/mol. The molecule has 2 rings (SSSR count). The normalized spacial score (nSPS) is 14.3. The van der Waals surface area contributed by atoms with Crippen molar-refractivity contribution in [2.45, 2.75) is 32.2 Å². The summed E-state index contributed by atoms with van der Waals surface area (Å²) in [6, 6.07) is 11.0. The lowest BCUT2D eigenvalue weighted by atomic mass is 9.91. The summed E-state index contributed by atoms with van der Waals surface area (Å²) in [6.45, 7) is 5.36. The van der Waals surface area contributed by atoms with Gasteiger partial charge in [0.05, 0.1) is 0 Å². The lowest BCUT2D eigenvalue weighted by Gasteiger charge is -2.24. The molecule has 1 heterocycles. The number of aromatic nitrogens is 3. The summed E-state index contributed by atoms with van der Waals surface area (Å²) in [5, 5.41) is 7.70. The second-order valence-corrected chi connectivity index (χ2v) is 4.87. The van der Waals surface area contributed by atoms with E-state index in [0.717, 1.165) is 18.8 Å². The predicted molar refractivity (Wildman–Crippen MR) is 77.0 cm³/mol. The summed E-state index contributed by atoms with van der Waals surface area (Å²) in [5.41, 5.74) is 1.36. The highest BCUT2D eigenvalue weighted by atomic mass is 15.3. The zero-order valence-electron chi connectivity index (χ0n) is 11.9. The molecule has 0 saturated heterocycles. The van der Waals surface area contributed by atoms with Crippen molar-refractivity contribution in [3.63, 3.8) is 0 Å². The number of hydrogen-bond acceptors (Lipinski definition) is 3. The Morgan fingerprint density at radius 3 is 2.58 bits per heavy atom. The predicted octanol–water partition coefficient (Wildman–Crippen LogP) is 2.14. The van der Waals surface area contributed by atoms with Crippen molar-refractivity contribution in [1.29, 1.82) is 0 Å². The molecule has 1 aromatic heterocycles. The Hall–Kier alpha value is -1.68. The molecule has 1 aromatic carbocycles. The fourth-order valence-electron chi connectivity index (χ4n) is 2.38. The zero-order chi connectivity index (χ0) is 13.7. The number of hydrogen-bond donors (Lipinski definition) is 1. The molecule has 2 unspecified atom stereocenters. The minimum absolute atomic E-state index is 0.371. The van der Waals surface area contributed by atoms with Crippen LogP contribution in [0.2, 0.25) is 0 Å². The fraction of sp³-hybridized carbons (Fsp3) is 0.467. The molecule has 2 atom stereocenters. The van der Waals surface area contributed by atoms with E-state index in [0.29, 0.717) is 12.0 Å². The molecule has 0 spiro atoms. The first-order valence-electron chi connectivity index (χ1n) is 6.83. The Morgan fingerprint density at radius 1 is 1.26 bits per heavy atom. The maximum atomic E-state index is 4.33. The van der Waals surface area contributed by atoms with Gasteiger partial charge in [0.15, 0.2) is 0 Å². The van der Waals surface area contributed by atoms with Crippen molar-refractivity contribution >= 4 is 0 Å². The SMILES string of the molecule is CCNC(Cc1ncnn1C)C(C)c1ccccc1. The topological polar surface area (TPSA) is 42.7 Å². The third-order valence-electron chi connectivity index (χ3n) is 3.60. The van der Waals surface area contributed by atoms with Gasteiger partial charge in [-0.3, -0.25) is 4.68 Å². The molecule has 19 heavy (non-hydrogen) atoms.